The third kappa shape index (κ3) is 4.41. The molecule has 2 aliphatic heterocycles. The van der Waals surface area contributed by atoms with Crippen molar-refractivity contribution < 1.29 is 14.4 Å². The summed E-state index contributed by atoms with van der Waals surface area (Å²) in [4.78, 5) is 39.7. The van der Waals surface area contributed by atoms with Gasteiger partial charge in [-0.15, -0.1) is 0 Å². The second-order valence-electron chi connectivity index (χ2n) is 7.46. The third-order valence-electron chi connectivity index (χ3n) is 5.31. The molecule has 2 aromatic carbocycles. The van der Waals surface area contributed by atoms with Gasteiger partial charge in [-0.05, 0) is 42.3 Å². The Morgan fingerprint density at radius 2 is 1.70 bits per heavy atom. The second kappa shape index (κ2) is 8.46. The summed E-state index contributed by atoms with van der Waals surface area (Å²) >= 11 is 17.8. The molecule has 0 aromatic heterocycles. The van der Waals surface area contributed by atoms with E-state index in [2.05, 4.69) is 10.6 Å². The molecule has 0 unspecified atom stereocenters. The summed E-state index contributed by atoms with van der Waals surface area (Å²) < 4.78 is 0. The van der Waals surface area contributed by atoms with Gasteiger partial charge in [-0.2, -0.15) is 0 Å². The van der Waals surface area contributed by atoms with E-state index in [4.69, 9.17) is 34.8 Å². The first-order valence-electron chi connectivity index (χ1n) is 9.42. The van der Waals surface area contributed by atoms with Gasteiger partial charge in [0.25, 0.3) is 5.91 Å². The minimum Gasteiger partial charge on any atom is -0.347 e. The van der Waals surface area contributed by atoms with Gasteiger partial charge in [-0.3, -0.25) is 14.4 Å². The molecule has 3 amide bonds. The number of hydrogen-bond acceptors (Lipinski definition) is 3. The van der Waals surface area contributed by atoms with Crippen LogP contribution in [0.5, 0.6) is 0 Å². The monoisotopic (exact) mass is 465 g/mol. The number of halogens is 3. The number of nitrogens with zero attached hydrogens (tertiary/aromatic N) is 1. The maximum atomic E-state index is 13.0. The smallest absolute Gasteiger partial charge is 0.251 e. The molecule has 4 rings (SSSR count). The van der Waals surface area contributed by atoms with Gasteiger partial charge in [0.2, 0.25) is 11.8 Å². The number of benzene rings is 2. The van der Waals surface area contributed by atoms with E-state index in [-0.39, 0.29) is 30.3 Å². The maximum absolute atomic E-state index is 13.0. The van der Waals surface area contributed by atoms with Crippen LogP contribution >= 0.6 is 34.8 Å². The van der Waals surface area contributed by atoms with Crippen LogP contribution in [0, 0.1) is 0 Å². The Morgan fingerprint density at radius 3 is 2.37 bits per heavy atom. The van der Waals surface area contributed by atoms with E-state index in [1.807, 2.05) is 12.1 Å². The van der Waals surface area contributed by atoms with Gasteiger partial charge >= 0.3 is 0 Å². The van der Waals surface area contributed by atoms with Crippen LogP contribution in [0.25, 0.3) is 0 Å². The van der Waals surface area contributed by atoms with Crippen molar-refractivity contribution in [3.05, 3.63) is 68.7 Å². The predicted octanol–water partition coefficient (Wildman–Crippen LogP) is 3.09. The highest BCUT2D eigenvalue weighted by Crippen LogP contribution is 2.25. The van der Waals surface area contributed by atoms with Crippen LogP contribution in [-0.4, -0.2) is 47.3 Å². The Hall–Kier alpha value is -2.28. The third-order valence-corrected chi connectivity index (χ3v) is 6.00. The van der Waals surface area contributed by atoms with E-state index >= 15 is 0 Å². The summed E-state index contributed by atoms with van der Waals surface area (Å²) in [6.07, 6.45) is 0.730. The zero-order chi connectivity index (χ0) is 21.4. The predicted molar refractivity (Wildman–Crippen MR) is 115 cm³/mol. The van der Waals surface area contributed by atoms with E-state index in [9.17, 15) is 14.4 Å². The Kier molecular flexibility index (Phi) is 5.91. The molecule has 0 saturated carbocycles. The molecule has 2 fully saturated rings. The van der Waals surface area contributed by atoms with Gasteiger partial charge in [0.05, 0.1) is 0 Å². The molecule has 3 atom stereocenters. The topological polar surface area (TPSA) is 78.5 Å². The largest absolute Gasteiger partial charge is 0.347 e. The van der Waals surface area contributed by atoms with Gasteiger partial charge in [0.1, 0.15) is 12.1 Å². The van der Waals surface area contributed by atoms with Crippen molar-refractivity contribution in [2.45, 2.75) is 31.0 Å². The minimum absolute atomic E-state index is 0.155. The Labute approximate surface area is 188 Å². The van der Waals surface area contributed by atoms with Crippen molar-refractivity contribution in [2.24, 2.45) is 0 Å². The van der Waals surface area contributed by atoms with Crippen LogP contribution in [0.4, 0.5) is 0 Å². The standard InChI is InChI=1S/C21H18Cl3N3O3/c22-13-3-1-11(2-4-13)5-17-21(30)27-10-16(9-18(27)20(29)26-17)25-19(28)12-6-14(23)8-15(24)7-12/h1-4,6-8,16-18H,5,9-10H2,(H,25,28)(H,26,29)/t16-,17-,18-/m0/s1. The normalized spacial score (nSPS) is 23.2. The molecule has 2 N–H and O–H groups in total. The number of hydrogen-bond donors (Lipinski definition) is 2. The number of amides is 3. The van der Waals surface area contributed by atoms with Gasteiger partial charge < -0.3 is 15.5 Å². The molecule has 0 aliphatic carbocycles. The fraction of sp³-hybridized carbons (Fsp3) is 0.286. The first-order chi connectivity index (χ1) is 14.3. The Balaban J connectivity index is 1.43. The molecule has 2 aliphatic rings. The van der Waals surface area contributed by atoms with Gasteiger partial charge in [0, 0.05) is 39.6 Å². The molecule has 156 valence electrons. The zero-order valence-corrected chi connectivity index (χ0v) is 18.0. The van der Waals surface area contributed by atoms with Crippen LogP contribution in [0.2, 0.25) is 15.1 Å². The van der Waals surface area contributed by atoms with Crippen LogP contribution in [0.3, 0.4) is 0 Å². The summed E-state index contributed by atoms with van der Waals surface area (Å²) in [7, 11) is 0. The van der Waals surface area contributed by atoms with Crippen molar-refractivity contribution in [3.8, 4) is 0 Å². The number of carbonyl (C=O) groups excluding carboxylic acids is 3. The van der Waals surface area contributed by atoms with Crippen LogP contribution in [0.1, 0.15) is 22.3 Å². The molecule has 6 nitrogen and oxygen atoms in total. The fourth-order valence-electron chi connectivity index (χ4n) is 3.91. The molecule has 30 heavy (non-hydrogen) atoms. The summed E-state index contributed by atoms with van der Waals surface area (Å²) in [6, 6.07) is 10.2. The van der Waals surface area contributed by atoms with Crippen molar-refractivity contribution >= 4 is 52.5 Å². The van der Waals surface area contributed by atoms with E-state index in [0.29, 0.717) is 33.5 Å². The molecule has 2 saturated heterocycles. The van der Waals surface area contributed by atoms with Gasteiger partial charge in [-0.25, -0.2) is 0 Å². The lowest BCUT2D eigenvalue weighted by Gasteiger charge is -2.34. The first-order valence-corrected chi connectivity index (χ1v) is 10.6. The van der Waals surface area contributed by atoms with Crippen molar-refractivity contribution in [1.29, 1.82) is 0 Å². The Morgan fingerprint density at radius 1 is 1.03 bits per heavy atom. The number of fused-ring (bicyclic) bond motifs is 1. The van der Waals surface area contributed by atoms with Crippen LogP contribution < -0.4 is 10.6 Å². The van der Waals surface area contributed by atoms with Crippen molar-refractivity contribution in [3.63, 3.8) is 0 Å². The number of carbonyl (C=O) groups is 3. The molecule has 2 aromatic rings. The molecular formula is C21H18Cl3N3O3. The molecule has 2 heterocycles. The number of piperazine rings is 1. The maximum Gasteiger partial charge on any atom is 0.251 e. The van der Waals surface area contributed by atoms with E-state index in [1.165, 1.54) is 12.1 Å². The van der Waals surface area contributed by atoms with Gasteiger partial charge in [0.15, 0.2) is 0 Å². The first kappa shape index (κ1) is 21.0. The lowest BCUT2D eigenvalue weighted by molar-refractivity contribution is -0.147. The van der Waals surface area contributed by atoms with E-state index in [0.717, 1.165) is 5.56 Å². The molecule has 0 spiro atoms. The van der Waals surface area contributed by atoms with Crippen LogP contribution in [-0.2, 0) is 16.0 Å². The zero-order valence-electron chi connectivity index (χ0n) is 15.7. The van der Waals surface area contributed by atoms with Crippen molar-refractivity contribution in [2.75, 3.05) is 6.54 Å². The van der Waals surface area contributed by atoms with Crippen molar-refractivity contribution in [1.82, 2.24) is 15.5 Å². The molecule has 0 bridgehead atoms. The highest BCUT2D eigenvalue weighted by atomic mass is 35.5. The molecular weight excluding hydrogens is 449 g/mol. The number of nitrogens with one attached hydrogen (secondary N) is 2. The summed E-state index contributed by atoms with van der Waals surface area (Å²) in [5.74, 6) is -0.719. The number of rotatable bonds is 4. The fourth-order valence-corrected chi connectivity index (χ4v) is 4.56. The minimum atomic E-state index is -0.642. The average Bonchev–Trinajstić information content (AvgIpc) is 3.11. The quantitative estimate of drug-likeness (QED) is 0.727. The SMILES string of the molecule is O=C(N[C@H]1C[C@H]2C(=O)N[C@@H](Cc3ccc(Cl)cc3)C(=O)N2C1)c1cc(Cl)cc(Cl)c1. The van der Waals surface area contributed by atoms with Gasteiger partial charge in [-0.1, -0.05) is 46.9 Å². The van der Waals surface area contributed by atoms with Crippen LogP contribution in [0.15, 0.2) is 42.5 Å². The average molecular weight is 467 g/mol. The second-order valence-corrected chi connectivity index (χ2v) is 8.77. The Bertz CT molecular complexity index is 992. The van der Waals surface area contributed by atoms with E-state index in [1.54, 1.807) is 23.1 Å². The summed E-state index contributed by atoms with van der Waals surface area (Å²) in [5.41, 5.74) is 1.23. The summed E-state index contributed by atoms with van der Waals surface area (Å²) in [5, 5.41) is 7.01. The highest BCUT2D eigenvalue weighted by Gasteiger charge is 2.46. The molecule has 0 radical (unpaired) electrons. The van der Waals surface area contributed by atoms with E-state index < -0.39 is 12.1 Å². The summed E-state index contributed by atoms with van der Waals surface area (Å²) in [6.45, 7) is 0.272. The lowest BCUT2D eigenvalue weighted by atomic mass is 10.0. The molecule has 9 heteroatoms. The highest BCUT2D eigenvalue weighted by molar-refractivity contribution is 6.35. The lowest BCUT2D eigenvalue weighted by Crippen LogP contribution is -2.61.